The number of primary amides is 2. The lowest BCUT2D eigenvalue weighted by Gasteiger charge is -2.30. The minimum absolute atomic E-state index is 0.0151. The summed E-state index contributed by atoms with van der Waals surface area (Å²) < 4.78 is 0. The van der Waals surface area contributed by atoms with Gasteiger partial charge in [-0.2, -0.15) is 0 Å². The fraction of sp³-hybridized carbons (Fsp3) is 0.667. The van der Waals surface area contributed by atoms with Crippen LogP contribution in [-0.4, -0.2) is 178 Å². The van der Waals surface area contributed by atoms with Gasteiger partial charge in [0.1, 0.15) is 42.3 Å². The standard InChI is InChI=1S/C33H54N12O14S2/c34-6-2-1-4-16-28(54)42-20(12-47)31(57)44-21(26(37)52)14-61-60-13-15(35)27(53)38-10-24(49)39-17(9-25(50)51)29(55)43-19(11-46)30(56)41-18(8-23(36)48)33(59)45-7-3-5-22(45)32(58)40-16/h15-22,46-47H,1-14,34-35H2,(H2,36,48)(H2,37,52)(H,38,53)(H,39,49)(H,40,58)(H,41,56)(H,42,54)(H,43,55)(H,44,57)(H,50,51)/t15-,16-,17-,18-,19?,20?,21-,22-/m0/s1. The van der Waals surface area contributed by atoms with E-state index in [1.54, 1.807) is 0 Å². The molecule has 0 saturated carbocycles. The normalized spacial score (nSPS) is 27.6. The van der Waals surface area contributed by atoms with E-state index in [4.69, 9.17) is 22.9 Å². The molecule has 0 spiro atoms. The maximum absolute atomic E-state index is 13.9. The Morgan fingerprint density at radius 1 is 0.689 bits per heavy atom. The van der Waals surface area contributed by atoms with E-state index < -0.39 is 146 Å². The van der Waals surface area contributed by atoms with E-state index in [1.165, 1.54) is 0 Å². The van der Waals surface area contributed by atoms with E-state index in [1.807, 2.05) is 0 Å². The molecule has 2 fully saturated rings. The van der Waals surface area contributed by atoms with Gasteiger partial charge in [0.05, 0.1) is 38.6 Å². The van der Waals surface area contributed by atoms with Crippen molar-refractivity contribution in [3.8, 4) is 0 Å². The average Bonchev–Trinajstić information content (AvgIpc) is 3.70. The largest absolute Gasteiger partial charge is 0.481 e. The number of hydrogen-bond acceptors (Lipinski definition) is 17. The third kappa shape index (κ3) is 17.3. The highest BCUT2D eigenvalue weighted by Crippen LogP contribution is 2.23. The molecule has 26 nitrogen and oxygen atoms in total. The fourth-order valence-corrected chi connectivity index (χ4v) is 8.15. The molecule has 0 aliphatic carbocycles. The van der Waals surface area contributed by atoms with Gasteiger partial charge in [0.15, 0.2) is 0 Å². The second kappa shape index (κ2) is 26.1. The number of nitrogens with two attached hydrogens (primary N) is 4. The zero-order chi connectivity index (χ0) is 45.8. The second-order valence-electron chi connectivity index (χ2n) is 13.8. The Morgan fingerprint density at radius 2 is 1.25 bits per heavy atom. The number of carboxylic acids is 1. The number of carbonyl (C=O) groups excluding carboxylic acids is 10. The summed E-state index contributed by atoms with van der Waals surface area (Å²) in [5, 5.41) is 45.2. The second-order valence-corrected chi connectivity index (χ2v) is 16.4. The van der Waals surface area contributed by atoms with Crippen LogP contribution in [0.2, 0.25) is 0 Å². The van der Waals surface area contributed by atoms with Crippen molar-refractivity contribution in [1.29, 1.82) is 0 Å². The molecule has 2 saturated heterocycles. The number of fused-ring (bicyclic) bond motifs is 1. The Hall–Kier alpha value is -5.29. The molecule has 8 atom stereocenters. The van der Waals surface area contributed by atoms with Crippen molar-refractivity contribution in [2.24, 2.45) is 22.9 Å². The highest BCUT2D eigenvalue weighted by Gasteiger charge is 2.40. The first-order chi connectivity index (χ1) is 28.8. The number of hydrogen-bond donors (Lipinski definition) is 14. The molecule has 342 valence electrons. The predicted octanol–water partition coefficient (Wildman–Crippen LogP) is -8.33. The van der Waals surface area contributed by atoms with Crippen LogP contribution in [0.1, 0.15) is 44.9 Å². The molecule has 2 heterocycles. The molecule has 0 bridgehead atoms. The number of nitrogens with zero attached hydrogens (tertiary/aromatic N) is 1. The molecule has 0 aromatic heterocycles. The lowest BCUT2D eigenvalue weighted by molar-refractivity contribution is -0.144. The Kier molecular flexibility index (Phi) is 22.2. The quantitative estimate of drug-likeness (QED) is 0.0676. The molecule has 0 aromatic rings. The SMILES string of the molecule is NCCCC[C@@H]1NC(=O)[C@@H]2CCCN2C(=O)[C@H](CC(N)=O)NC(=O)C(CO)NC(=O)[C@H](CC(=O)O)NC(=O)CNC(=O)[C@@H](N)CSSC[C@@H](C(N)=O)NC(=O)C(CO)NC1=O. The molecule has 0 aromatic carbocycles. The maximum atomic E-state index is 13.9. The maximum Gasteiger partial charge on any atom is 0.305 e. The average molecular weight is 907 g/mol. The zero-order valence-corrected chi connectivity index (χ0v) is 34.6. The van der Waals surface area contributed by atoms with Crippen molar-refractivity contribution < 1.29 is 68.1 Å². The van der Waals surface area contributed by atoms with Crippen LogP contribution in [-0.2, 0) is 52.7 Å². The van der Waals surface area contributed by atoms with Crippen molar-refractivity contribution in [2.45, 2.75) is 93.3 Å². The summed E-state index contributed by atoms with van der Waals surface area (Å²) in [4.78, 5) is 143. The van der Waals surface area contributed by atoms with Crippen LogP contribution >= 0.6 is 21.6 Å². The van der Waals surface area contributed by atoms with Gasteiger partial charge in [-0.1, -0.05) is 21.6 Å². The van der Waals surface area contributed by atoms with E-state index in [0.717, 1.165) is 26.5 Å². The van der Waals surface area contributed by atoms with Crippen molar-refractivity contribution >= 4 is 86.6 Å². The number of aliphatic carboxylic acids is 1. The van der Waals surface area contributed by atoms with Gasteiger partial charge in [-0.05, 0) is 38.6 Å². The molecule has 2 unspecified atom stereocenters. The van der Waals surface area contributed by atoms with E-state index in [9.17, 15) is 68.1 Å². The smallest absolute Gasteiger partial charge is 0.305 e. The number of rotatable bonds is 11. The lowest BCUT2D eigenvalue weighted by Crippen LogP contribution is -2.61. The van der Waals surface area contributed by atoms with Crippen molar-refractivity contribution in [2.75, 3.05) is 44.4 Å². The minimum Gasteiger partial charge on any atom is -0.481 e. The number of amides is 10. The van der Waals surface area contributed by atoms with Gasteiger partial charge in [0, 0.05) is 18.1 Å². The van der Waals surface area contributed by atoms with Crippen LogP contribution in [0.15, 0.2) is 0 Å². The number of carboxylic acid groups (broad SMARTS) is 1. The van der Waals surface area contributed by atoms with Gasteiger partial charge in [-0.15, -0.1) is 0 Å². The summed E-state index contributed by atoms with van der Waals surface area (Å²) >= 11 is 0. The van der Waals surface area contributed by atoms with Crippen molar-refractivity contribution in [3.63, 3.8) is 0 Å². The monoisotopic (exact) mass is 906 g/mol. The molecule has 18 N–H and O–H groups in total. The molecule has 2 rings (SSSR count). The first-order valence-electron chi connectivity index (χ1n) is 18.9. The Balaban J connectivity index is 2.50. The number of unbranched alkanes of at least 4 members (excludes halogenated alkanes) is 1. The predicted molar refractivity (Wildman–Crippen MR) is 215 cm³/mol. The van der Waals surface area contributed by atoms with E-state index in [2.05, 4.69) is 37.2 Å². The summed E-state index contributed by atoms with van der Waals surface area (Å²) in [6.45, 7) is -2.71. The molecular weight excluding hydrogens is 853 g/mol. The molecular formula is C33H54N12O14S2. The van der Waals surface area contributed by atoms with Gasteiger partial charge in [-0.25, -0.2) is 0 Å². The molecule has 0 radical (unpaired) electrons. The lowest BCUT2D eigenvalue weighted by atomic mass is 10.1. The van der Waals surface area contributed by atoms with Gasteiger partial charge >= 0.3 is 5.97 Å². The number of aliphatic hydroxyl groups excluding tert-OH is 2. The van der Waals surface area contributed by atoms with Crippen LogP contribution in [0.4, 0.5) is 0 Å². The minimum atomic E-state index is -1.89. The molecule has 2 aliphatic heterocycles. The van der Waals surface area contributed by atoms with Gasteiger partial charge in [-0.3, -0.25) is 52.7 Å². The van der Waals surface area contributed by atoms with Gasteiger partial charge < -0.3 is 80.4 Å². The molecule has 61 heavy (non-hydrogen) atoms. The topological polar surface area (TPSA) is 440 Å². The van der Waals surface area contributed by atoms with Crippen LogP contribution in [0.25, 0.3) is 0 Å². The van der Waals surface area contributed by atoms with Crippen molar-refractivity contribution in [1.82, 2.24) is 42.1 Å². The number of nitrogens with one attached hydrogen (secondary N) is 7. The first kappa shape index (κ1) is 51.8. The highest BCUT2D eigenvalue weighted by molar-refractivity contribution is 8.76. The Bertz CT molecular complexity index is 1640. The molecule has 28 heteroatoms. The van der Waals surface area contributed by atoms with Crippen LogP contribution in [0, 0.1) is 0 Å². The van der Waals surface area contributed by atoms with E-state index >= 15 is 0 Å². The van der Waals surface area contributed by atoms with Crippen LogP contribution in [0.3, 0.4) is 0 Å². The molecule has 2 aliphatic rings. The summed E-state index contributed by atoms with van der Waals surface area (Å²) in [5.41, 5.74) is 22.3. The zero-order valence-electron chi connectivity index (χ0n) is 32.9. The third-order valence-corrected chi connectivity index (χ3v) is 11.5. The number of aliphatic hydroxyl groups is 2. The van der Waals surface area contributed by atoms with Crippen LogP contribution < -0.4 is 60.2 Å². The van der Waals surface area contributed by atoms with Crippen molar-refractivity contribution in [3.05, 3.63) is 0 Å². The van der Waals surface area contributed by atoms with Crippen LogP contribution in [0.5, 0.6) is 0 Å². The Labute approximate surface area is 356 Å². The third-order valence-electron chi connectivity index (χ3n) is 9.09. The fourth-order valence-electron chi connectivity index (χ4n) is 5.85. The summed E-state index contributed by atoms with van der Waals surface area (Å²) in [6, 6.07) is -12.4. The highest BCUT2D eigenvalue weighted by atomic mass is 33.1. The summed E-state index contributed by atoms with van der Waals surface area (Å²) in [6.07, 6.45) is -0.834. The molecule has 10 amide bonds. The first-order valence-corrected chi connectivity index (χ1v) is 21.4. The summed E-state index contributed by atoms with van der Waals surface area (Å²) in [5.74, 6) is -12.1. The summed E-state index contributed by atoms with van der Waals surface area (Å²) in [7, 11) is 1.94. The van der Waals surface area contributed by atoms with Gasteiger partial charge in [0.2, 0.25) is 59.1 Å². The van der Waals surface area contributed by atoms with Gasteiger partial charge in [0.25, 0.3) is 0 Å². The number of carbonyl (C=O) groups is 11. The van der Waals surface area contributed by atoms with E-state index in [0.29, 0.717) is 12.8 Å². The van der Waals surface area contributed by atoms with E-state index in [-0.39, 0.29) is 43.9 Å². The Morgan fingerprint density at radius 3 is 1.82 bits per heavy atom.